The monoisotopic (exact) mass is 390 g/mol. The van der Waals surface area contributed by atoms with Crippen LogP contribution in [0.3, 0.4) is 0 Å². The molecule has 4 heterocycles. The molecule has 0 atom stereocenters. The standard InChI is InChI=1S/C23H26N4O2/c1-28-21-12-17-19(14-22(21)29-2)25-18(13-20(17)26-8-3-4-9-26)16-6-7-23(24-15-16)27-10-5-11-27/h6-7,12-15H,3-5,8-11H2,1-2H3. The highest BCUT2D eigenvalue weighted by atomic mass is 16.5. The van der Waals surface area contributed by atoms with Gasteiger partial charge in [0.15, 0.2) is 11.5 Å². The molecule has 29 heavy (non-hydrogen) atoms. The molecule has 2 aliphatic rings. The van der Waals surface area contributed by atoms with Crippen molar-refractivity contribution < 1.29 is 9.47 Å². The molecule has 0 spiro atoms. The van der Waals surface area contributed by atoms with E-state index in [0.29, 0.717) is 5.75 Å². The summed E-state index contributed by atoms with van der Waals surface area (Å²) < 4.78 is 11.1. The Kier molecular flexibility index (Phi) is 4.62. The summed E-state index contributed by atoms with van der Waals surface area (Å²) in [5.74, 6) is 2.48. The molecule has 5 rings (SSSR count). The molecule has 1 aromatic carbocycles. The predicted molar refractivity (Wildman–Crippen MR) is 116 cm³/mol. The molecule has 0 N–H and O–H groups in total. The summed E-state index contributed by atoms with van der Waals surface area (Å²) in [5.41, 5.74) is 4.09. The van der Waals surface area contributed by atoms with Crippen LogP contribution in [-0.4, -0.2) is 50.4 Å². The van der Waals surface area contributed by atoms with Gasteiger partial charge in [-0.2, -0.15) is 0 Å². The summed E-state index contributed by atoms with van der Waals surface area (Å²) in [6.45, 7) is 4.33. The molecule has 0 bridgehead atoms. The average molecular weight is 390 g/mol. The number of pyridine rings is 2. The number of ether oxygens (including phenoxy) is 2. The van der Waals surface area contributed by atoms with Crippen molar-refractivity contribution in [1.29, 1.82) is 0 Å². The lowest BCUT2D eigenvalue weighted by atomic mass is 10.1. The zero-order valence-corrected chi connectivity index (χ0v) is 17.0. The summed E-state index contributed by atoms with van der Waals surface area (Å²) >= 11 is 0. The van der Waals surface area contributed by atoms with Crippen LogP contribution in [0.2, 0.25) is 0 Å². The van der Waals surface area contributed by atoms with Crippen LogP contribution in [0.4, 0.5) is 11.5 Å². The summed E-state index contributed by atoms with van der Waals surface area (Å²) in [6, 6.07) is 10.4. The van der Waals surface area contributed by atoms with Crippen LogP contribution in [-0.2, 0) is 0 Å². The number of anilines is 2. The molecule has 2 saturated heterocycles. The van der Waals surface area contributed by atoms with Crippen molar-refractivity contribution in [3.8, 4) is 22.8 Å². The van der Waals surface area contributed by atoms with E-state index >= 15 is 0 Å². The second-order valence-electron chi connectivity index (χ2n) is 7.69. The molecular formula is C23H26N4O2. The van der Waals surface area contributed by atoms with Gasteiger partial charge in [0.25, 0.3) is 0 Å². The van der Waals surface area contributed by atoms with Crippen molar-refractivity contribution in [3.05, 3.63) is 36.5 Å². The summed E-state index contributed by atoms with van der Waals surface area (Å²) in [7, 11) is 3.33. The van der Waals surface area contributed by atoms with E-state index in [9.17, 15) is 0 Å². The molecule has 2 fully saturated rings. The van der Waals surface area contributed by atoms with Gasteiger partial charge in [0.05, 0.1) is 25.4 Å². The SMILES string of the molecule is COc1cc2nc(-c3ccc(N4CCC4)nc3)cc(N3CCCC3)c2cc1OC. The van der Waals surface area contributed by atoms with E-state index in [1.165, 1.54) is 24.9 Å². The quantitative estimate of drug-likeness (QED) is 0.653. The fraction of sp³-hybridized carbons (Fsp3) is 0.391. The van der Waals surface area contributed by atoms with E-state index in [0.717, 1.165) is 59.9 Å². The predicted octanol–water partition coefficient (Wildman–Crippen LogP) is 4.12. The Balaban J connectivity index is 1.63. The first-order valence-corrected chi connectivity index (χ1v) is 10.3. The second-order valence-corrected chi connectivity index (χ2v) is 7.69. The largest absolute Gasteiger partial charge is 0.493 e. The number of nitrogens with zero attached hydrogens (tertiary/aromatic N) is 4. The lowest BCUT2D eigenvalue weighted by molar-refractivity contribution is 0.356. The van der Waals surface area contributed by atoms with Gasteiger partial charge in [0.2, 0.25) is 0 Å². The van der Waals surface area contributed by atoms with Gasteiger partial charge in [-0.25, -0.2) is 9.97 Å². The molecule has 3 aromatic rings. The summed E-state index contributed by atoms with van der Waals surface area (Å²) in [4.78, 5) is 14.4. The van der Waals surface area contributed by atoms with E-state index in [-0.39, 0.29) is 0 Å². The third kappa shape index (κ3) is 3.22. The zero-order chi connectivity index (χ0) is 19.8. The molecular weight excluding hydrogens is 364 g/mol. The number of fused-ring (bicyclic) bond motifs is 1. The van der Waals surface area contributed by atoms with Gasteiger partial charge >= 0.3 is 0 Å². The minimum atomic E-state index is 0.697. The molecule has 0 unspecified atom stereocenters. The number of hydrogen-bond donors (Lipinski definition) is 0. The lowest BCUT2D eigenvalue weighted by Crippen LogP contribution is -2.37. The van der Waals surface area contributed by atoms with Gasteiger partial charge in [-0.1, -0.05) is 0 Å². The number of methoxy groups -OCH3 is 2. The molecule has 2 aromatic heterocycles. The first-order valence-electron chi connectivity index (χ1n) is 10.3. The molecule has 0 amide bonds. The minimum absolute atomic E-state index is 0.697. The van der Waals surface area contributed by atoms with E-state index in [1.807, 2.05) is 18.3 Å². The smallest absolute Gasteiger partial charge is 0.162 e. The van der Waals surface area contributed by atoms with Crippen LogP contribution < -0.4 is 19.3 Å². The van der Waals surface area contributed by atoms with Crippen LogP contribution in [0.1, 0.15) is 19.3 Å². The highest BCUT2D eigenvalue weighted by Gasteiger charge is 2.20. The van der Waals surface area contributed by atoms with Crippen LogP contribution in [0.15, 0.2) is 36.5 Å². The maximum atomic E-state index is 5.54. The highest BCUT2D eigenvalue weighted by Crippen LogP contribution is 2.39. The van der Waals surface area contributed by atoms with Crippen LogP contribution in [0.25, 0.3) is 22.2 Å². The second kappa shape index (κ2) is 7.43. The van der Waals surface area contributed by atoms with Crippen molar-refractivity contribution in [2.45, 2.75) is 19.3 Å². The third-order valence-corrected chi connectivity index (χ3v) is 5.96. The maximum absolute atomic E-state index is 5.54. The van der Waals surface area contributed by atoms with Crippen molar-refractivity contribution >= 4 is 22.4 Å². The topological polar surface area (TPSA) is 50.7 Å². The fourth-order valence-corrected chi connectivity index (χ4v) is 4.17. The lowest BCUT2D eigenvalue weighted by Gasteiger charge is -2.31. The average Bonchev–Trinajstić information content (AvgIpc) is 3.26. The minimum Gasteiger partial charge on any atom is -0.493 e. The van der Waals surface area contributed by atoms with Crippen LogP contribution >= 0.6 is 0 Å². The van der Waals surface area contributed by atoms with Gasteiger partial charge < -0.3 is 19.3 Å². The number of benzene rings is 1. The normalized spacial score (nSPS) is 16.2. The molecule has 6 nitrogen and oxygen atoms in total. The first-order chi connectivity index (χ1) is 14.3. The van der Waals surface area contributed by atoms with Gasteiger partial charge in [0, 0.05) is 55.1 Å². The van der Waals surface area contributed by atoms with Crippen molar-refractivity contribution in [3.63, 3.8) is 0 Å². The first kappa shape index (κ1) is 18.0. The Morgan fingerprint density at radius 2 is 1.55 bits per heavy atom. The van der Waals surface area contributed by atoms with Gasteiger partial charge in [-0.3, -0.25) is 0 Å². The van der Waals surface area contributed by atoms with Gasteiger partial charge in [-0.15, -0.1) is 0 Å². The molecule has 6 heteroatoms. The zero-order valence-electron chi connectivity index (χ0n) is 17.0. The van der Waals surface area contributed by atoms with Crippen molar-refractivity contribution in [2.75, 3.05) is 50.2 Å². The molecule has 2 aliphatic heterocycles. The Hall–Kier alpha value is -3.02. The number of hydrogen-bond acceptors (Lipinski definition) is 6. The van der Waals surface area contributed by atoms with E-state index in [4.69, 9.17) is 14.5 Å². The van der Waals surface area contributed by atoms with Crippen molar-refractivity contribution in [2.24, 2.45) is 0 Å². The van der Waals surface area contributed by atoms with E-state index in [1.54, 1.807) is 14.2 Å². The summed E-state index contributed by atoms with van der Waals surface area (Å²) in [5, 5.41) is 1.10. The van der Waals surface area contributed by atoms with Crippen LogP contribution in [0, 0.1) is 0 Å². The van der Waals surface area contributed by atoms with E-state index in [2.05, 4.69) is 33.0 Å². The third-order valence-electron chi connectivity index (χ3n) is 5.96. The molecule has 0 radical (unpaired) electrons. The van der Waals surface area contributed by atoms with E-state index < -0.39 is 0 Å². The van der Waals surface area contributed by atoms with Gasteiger partial charge in [-0.05, 0) is 43.5 Å². The molecule has 150 valence electrons. The molecule has 0 aliphatic carbocycles. The Morgan fingerprint density at radius 3 is 2.17 bits per heavy atom. The maximum Gasteiger partial charge on any atom is 0.162 e. The fourth-order valence-electron chi connectivity index (χ4n) is 4.17. The summed E-state index contributed by atoms with van der Waals surface area (Å²) in [6.07, 6.45) is 5.63. The Morgan fingerprint density at radius 1 is 0.828 bits per heavy atom. The van der Waals surface area contributed by atoms with Crippen molar-refractivity contribution in [1.82, 2.24) is 9.97 Å². The number of rotatable bonds is 5. The Bertz CT molecular complexity index is 1030. The number of aromatic nitrogens is 2. The van der Waals surface area contributed by atoms with Crippen LogP contribution in [0.5, 0.6) is 11.5 Å². The van der Waals surface area contributed by atoms with Gasteiger partial charge in [0.1, 0.15) is 5.82 Å². The Labute approximate surface area is 171 Å². The highest BCUT2D eigenvalue weighted by molar-refractivity contribution is 5.96. The molecule has 0 saturated carbocycles.